The van der Waals surface area contributed by atoms with Gasteiger partial charge in [0.25, 0.3) is 0 Å². The third-order valence-electron chi connectivity index (χ3n) is 3.73. The summed E-state index contributed by atoms with van der Waals surface area (Å²) in [7, 11) is 0. The Morgan fingerprint density at radius 3 is 2.88 bits per heavy atom. The SMILES string of the molecule is O=C(Cn1cc([N+](=O)[O-])cn1)NC[C@@H]1CCCN(CC(F)(F)F)C1. The largest absolute Gasteiger partial charge is 0.401 e. The van der Waals surface area contributed by atoms with Gasteiger partial charge in [0, 0.05) is 13.1 Å². The highest BCUT2D eigenvalue weighted by Gasteiger charge is 2.33. The first-order valence-corrected chi connectivity index (χ1v) is 7.45. The standard InChI is InChI=1S/C13H18F3N5O3/c14-13(15,16)9-19-3-1-2-10(6-19)4-17-12(22)8-20-7-11(5-18-20)21(23)24/h5,7,10H,1-4,6,8-9H2,(H,17,22)/t10-/m0/s1. The van der Waals surface area contributed by atoms with E-state index in [2.05, 4.69) is 10.4 Å². The summed E-state index contributed by atoms with van der Waals surface area (Å²) in [4.78, 5) is 23.1. The second-order valence-corrected chi connectivity index (χ2v) is 5.82. The van der Waals surface area contributed by atoms with Crippen molar-refractivity contribution in [1.82, 2.24) is 20.0 Å². The van der Waals surface area contributed by atoms with Gasteiger partial charge >= 0.3 is 11.9 Å². The number of likely N-dealkylation sites (tertiary alicyclic amines) is 1. The molecule has 134 valence electrons. The van der Waals surface area contributed by atoms with Crippen molar-refractivity contribution in [2.24, 2.45) is 5.92 Å². The van der Waals surface area contributed by atoms with E-state index in [9.17, 15) is 28.1 Å². The van der Waals surface area contributed by atoms with Crippen LogP contribution in [-0.4, -0.2) is 57.9 Å². The van der Waals surface area contributed by atoms with Gasteiger partial charge < -0.3 is 5.32 Å². The van der Waals surface area contributed by atoms with Crippen LogP contribution in [0.4, 0.5) is 18.9 Å². The molecular formula is C13H18F3N5O3. The zero-order valence-corrected chi connectivity index (χ0v) is 12.8. The molecule has 0 unspecified atom stereocenters. The summed E-state index contributed by atoms with van der Waals surface area (Å²) in [6.07, 6.45) is -0.627. The van der Waals surface area contributed by atoms with Gasteiger partial charge in [0.15, 0.2) is 0 Å². The Bertz CT molecular complexity index is 590. The number of hydrogen-bond donors (Lipinski definition) is 1. The van der Waals surface area contributed by atoms with Crippen LogP contribution in [0.25, 0.3) is 0 Å². The van der Waals surface area contributed by atoms with Gasteiger partial charge in [0.1, 0.15) is 18.9 Å². The fourth-order valence-corrected chi connectivity index (χ4v) is 2.71. The number of piperidine rings is 1. The van der Waals surface area contributed by atoms with E-state index in [4.69, 9.17) is 0 Å². The average Bonchev–Trinajstić information content (AvgIpc) is 2.92. The maximum atomic E-state index is 12.4. The zero-order valence-electron chi connectivity index (χ0n) is 12.8. The van der Waals surface area contributed by atoms with Crippen molar-refractivity contribution in [3.8, 4) is 0 Å². The molecule has 0 bridgehead atoms. The van der Waals surface area contributed by atoms with Crippen LogP contribution in [0.15, 0.2) is 12.4 Å². The van der Waals surface area contributed by atoms with E-state index < -0.39 is 17.6 Å². The summed E-state index contributed by atoms with van der Waals surface area (Å²) >= 11 is 0. The maximum Gasteiger partial charge on any atom is 0.401 e. The highest BCUT2D eigenvalue weighted by atomic mass is 19.4. The van der Waals surface area contributed by atoms with E-state index in [0.717, 1.165) is 23.5 Å². The smallest absolute Gasteiger partial charge is 0.354 e. The fraction of sp³-hybridized carbons (Fsp3) is 0.692. The number of nitrogens with zero attached hydrogens (tertiary/aromatic N) is 4. The lowest BCUT2D eigenvalue weighted by atomic mass is 9.98. The van der Waals surface area contributed by atoms with Crippen LogP contribution in [0.3, 0.4) is 0 Å². The number of nitrogens with one attached hydrogen (secondary N) is 1. The van der Waals surface area contributed by atoms with Gasteiger partial charge in [-0.3, -0.25) is 24.5 Å². The molecule has 1 aliphatic rings. The summed E-state index contributed by atoms with van der Waals surface area (Å²) in [5.74, 6) is -0.432. The van der Waals surface area contributed by atoms with Crippen molar-refractivity contribution in [3.63, 3.8) is 0 Å². The molecule has 1 amide bonds. The molecule has 2 heterocycles. The van der Waals surface area contributed by atoms with Gasteiger partial charge in [-0.15, -0.1) is 0 Å². The van der Waals surface area contributed by atoms with Crippen molar-refractivity contribution >= 4 is 11.6 Å². The van der Waals surface area contributed by atoms with Crippen molar-refractivity contribution in [1.29, 1.82) is 0 Å². The van der Waals surface area contributed by atoms with Crippen molar-refractivity contribution in [3.05, 3.63) is 22.5 Å². The quantitative estimate of drug-likeness (QED) is 0.615. The van der Waals surface area contributed by atoms with E-state index in [0.29, 0.717) is 13.0 Å². The lowest BCUT2D eigenvalue weighted by Crippen LogP contribution is -2.44. The van der Waals surface area contributed by atoms with Crippen LogP contribution in [-0.2, 0) is 11.3 Å². The number of amides is 1. The number of halogens is 3. The molecule has 0 radical (unpaired) electrons. The lowest BCUT2D eigenvalue weighted by molar-refractivity contribution is -0.385. The molecule has 1 aromatic heterocycles. The Hall–Kier alpha value is -2.17. The number of alkyl halides is 3. The minimum atomic E-state index is -4.22. The molecule has 8 nitrogen and oxygen atoms in total. The Balaban J connectivity index is 1.75. The molecule has 2 rings (SSSR count). The van der Waals surface area contributed by atoms with Gasteiger partial charge in [-0.05, 0) is 25.3 Å². The Labute approximate surface area is 135 Å². The van der Waals surface area contributed by atoms with Crippen molar-refractivity contribution in [2.75, 3.05) is 26.2 Å². The molecular weight excluding hydrogens is 331 g/mol. The van der Waals surface area contributed by atoms with E-state index in [-0.39, 0.29) is 37.1 Å². The monoisotopic (exact) mass is 349 g/mol. The third kappa shape index (κ3) is 5.80. The molecule has 1 fully saturated rings. The highest BCUT2D eigenvalue weighted by Crippen LogP contribution is 2.22. The first kappa shape index (κ1) is 18.2. The molecule has 1 saturated heterocycles. The Morgan fingerprint density at radius 2 is 2.25 bits per heavy atom. The maximum absolute atomic E-state index is 12.4. The van der Waals surface area contributed by atoms with Crippen LogP contribution in [0.5, 0.6) is 0 Å². The number of hydrogen-bond acceptors (Lipinski definition) is 5. The van der Waals surface area contributed by atoms with Crippen LogP contribution >= 0.6 is 0 Å². The van der Waals surface area contributed by atoms with Crippen LogP contribution in [0.2, 0.25) is 0 Å². The first-order valence-electron chi connectivity index (χ1n) is 7.45. The number of carbonyl (C=O) groups excluding carboxylic acids is 1. The third-order valence-corrected chi connectivity index (χ3v) is 3.73. The molecule has 11 heteroatoms. The second-order valence-electron chi connectivity index (χ2n) is 5.82. The van der Waals surface area contributed by atoms with Crippen molar-refractivity contribution in [2.45, 2.75) is 25.6 Å². The average molecular weight is 349 g/mol. The van der Waals surface area contributed by atoms with Gasteiger partial charge in [-0.1, -0.05) is 0 Å². The number of aromatic nitrogens is 2. The number of carbonyl (C=O) groups is 1. The molecule has 24 heavy (non-hydrogen) atoms. The van der Waals surface area contributed by atoms with E-state index in [1.807, 2.05) is 0 Å². The normalized spacial score (nSPS) is 19.2. The predicted molar refractivity (Wildman–Crippen MR) is 77.1 cm³/mol. The zero-order chi connectivity index (χ0) is 17.7. The minimum Gasteiger partial charge on any atom is -0.354 e. The molecule has 0 aromatic carbocycles. The van der Waals surface area contributed by atoms with Crippen LogP contribution in [0, 0.1) is 16.0 Å². The van der Waals surface area contributed by atoms with Gasteiger partial charge in [0.2, 0.25) is 5.91 Å². The predicted octanol–water partition coefficient (Wildman–Crippen LogP) is 1.18. The second kappa shape index (κ2) is 7.60. The summed E-state index contributed by atoms with van der Waals surface area (Å²) in [5, 5.41) is 16.9. The van der Waals surface area contributed by atoms with Gasteiger partial charge in [0.05, 0.1) is 11.5 Å². The Kier molecular flexibility index (Phi) is 5.75. The molecule has 1 N–H and O–H groups in total. The van der Waals surface area contributed by atoms with Crippen LogP contribution in [0.1, 0.15) is 12.8 Å². The van der Waals surface area contributed by atoms with E-state index in [1.54, 1.807) is 0 Å². The summed E-state index contributed by atoms with van der Waals surface area (Å²) in [6.45, 7) is -0.147. The first-order chi connectivity index (χ1) is 11.2. The summed E-state index contributed by atoms with van der Waals surface area (Å²) in [6, 6.07) is 0. The van der Waals surface area contributed by atoms with E-state index >= 15 is 0 Å². The van der Waals surface area contributed by atoms with Gasteiger partial charge in [-0.2, -0.15) is 18.3 Å². The van der Waals surface area contributed by atoms with E-state index in [1.165, 1.54) is 4.90 Å². The molecule has 0 aliphatic carbocycles. The minimum absolute atomic E-state index is 0.0444. The molecule has 1 aromatic rings. The molecule has 1 atom stereocenters. The lowest BCUT2D eigenvalue weighted by Gasteiger charge is -2.33. The van der Waals surface area contributed by atoms with Crippen molar-refractivity contribution < 1.29 is 22.9 Å². The number of nitro groups is 1. The Morgan fingerprint density at radius 1 is 1.50 bits per heavy atom. The molecule has 0 spiro atoms. The summed E-state index contributed by atoms with van der Waals surface area (Å²) < 4.78 is 38.4. The molecule has 1 aliphatic heterocycles. The summed E-state index contributed by atoms with van der Waals surface area (Å²) in [5.41, 5.74) is -0.210. The van der Waals surface area contributed by atoms with Crippen LogP contribution < -0.4 is 5.32 Å². The highest BCUT2D eigenvalue weighted by molar-refractivity contribution is 5.75. The fourth-order valence-electron chi connectivity index (χ4n) is 2.71. The topological polar surface area (TPSA) is 93.3 Å². The van der Waals surface area contributed by atoms with Gasteiger partial charge in [-0.25, -0.2) is 0 Å². The molecule has 0 saturated carbocycles. The number of rotatable bonds is 6.